The predicted octanol–water partition coefficient (Wildman–Crippen LogP) is 6.43. The maximum Gasteiger partial charge on any atom is 0.242 e. The first-order valence-corrected chi connectivity index (χ1v) is 11.1. The Balaban J connectivity index is 1.77. The molecule has 0 saturated carbocycles. The molecule has 1 atom stereocenters. The van der Waals surface area contributed by atoms with E-state index in [1.54, 1.807) is 0 Å². The third-order valence-electron chi connectivity index (χ3n) is 4.58. The normalized spacial score (nSPS) is 11.5. The van der Waals surface area contributed by atoms with Crippen LogP contribution in [-0.4, -0.2) is 11.8 Å². The standard InChI is InChI=1S/C25H25FN2O2S/c1-2-3-12-23(29)27-21-10-7-11-22(17-21)31-24(18-8-5-4-6-9-18)25(30)28-20-15-13-19(26)14-16-20/h4-11,13-17,24H,2-3,12H2,1H3,(H,27,29)(H,28,30). The Morgan fingerprint density at radius 2 is 1.65 bits per heavy atom. The van der Waals surface area contributed by atoms with E-state index in [-0.39, 0.29) is 17.6 Å². The Hall–Kier alpha value is -3.12. The number of carbonyl (C=O) groups excluding carboxylic acids is 2. The second-order valence-electron chi connectivity index (χ2n) is 7.08. The van der Waals surface area contributed by atoms with Crippen LogP contribution in [0.4, 0.5) is 15.8 Å². The molecule has 31 heavy (non-hydrogen) atoms. The van der Waals surface area contributed by atoms with Gasteiger partial charge in [-0.3, -0.25) is 9.59 Å². The minimum Gasteiger partial charge on any atom is -0.326 e. The van der Waals surface area contributed by atoms with E-state index in [0.29, 0.717) is 17.8 Å². The summed E-state index contributed by atoms with van der Waals surface area (Å²) in [5, 5.41) is 5.26. The van der Waals surface area contributed by atoms with Crippen LogP contribution in [0, 0.1) is 5.82 Å². The van der Waals surface area contributed by atoms with Crippen molar-refractivity contribution in [1.82, 2.24) is 0 Å². The van der Waals surface area contributed by atoms with Gasteiger partial charge >= 0.3 is 0 Å². The highest BCUT2D eigenvalue weighted by atomic mass is 32.2. The minimum absolute atomic E-state index is 0.0161. The van der Waals surface area contributed by atoms with Crippen LogP contribution in [0.25, 0.3) is 0 Å². The number of benzene rings is 3. The molecular formula is C25H25FN2O2S. The van der Waals surface area contributed by atoms with Crippen LogP contribution in [-0.2, 0) is 9.59 Å². The van der Waals surface area contributed by atoms with E-state index in [1.165, 1.54) is 36.0 Å². The highest BCUT2D eigenvalue weighted by Gasteiger charge is 2.22. The molecule has 6 heteroatoms. The summed E-state index contributed by atoms with van der Waals surface area (Å²) >= 11 is 1.39. The van der Waals surface area contributed by atoms with E-state index < -0.39 is 5.25 Å². The molecule has 0 aliphatic heterocycles. The molecule has 3 rings (SSSR count). The van der Waals surface area contributed by atoms with Gasteiger partial charge < -0.3 is 10.6 Å². The molecule has 160 valence electrons. The maximum absolute atomic E-state index is 13.2. The SMILES string of the molecule is CCCCC(=O)Nc1cccc(SC(C(=O)Nc2ccc(F)cc2)c2ccccc2)c1. The second kappa shape index (κ2) is 11.3. The highest BCUT2D eigenvalue weighted by Crippen LogP contribution is 2.37. The zero-order valence-electron chi connectivity index (χ0n) is 17.3. The molecule has 0 radical (unpaired) electrons. The average Bonchev–Trinajstić information content (AvgIpc) is 2.78. The van der Waals surface area contributed by atoms with E-state index in [4.69, 9.17) is 0 Å². The molecule has 0 bridgehead atoms. The predicted molar refractivity (Wildman–Crippen MR) is 125 cm³/mol. The van der Waals surface area contributed by atoms with Crippen molar-refractivity contribution in [2.75, 3.05) is 10.6 Å². The topological polar surface area (TPSA) is 58.2 Å². The Bertz CT molecular complexity index is 1010. The summed E-state index contributed by atoms with van der Waals surface area (Å²) in [6.07, 6.45) is 2.30. The lowest BCUT2D eigenvalue weighted by atomic mass is 10.1. The Morgan fingerprint density at radius 3 is 2.35 bits per heavy atom. The third-order valence-corrected chi connectivity index (χ3v) is 5.83. The number of hydrogen-bond donors (Lipinski definition) is 2. The molecule has 2 amide bonds. The molecule has 0 saturated heterocycles. The second-order valence-corrected chi connectivity index (χ2v) is 8.26. The summed E-state index contributed by atoms with van der Waals surface area (Å²) in [6.45, 7) is 2.05. The van der Waals surface area contributed by atoms with Crippen molar-refractivity contribution in [3.63, 3.8) is 0 Å². The monoisotopic (exact) mass is 436 g/mol. The maximum atomic E-state index is 13.2. The number of halogens is 1. The molecule has 0 spiro atoms. The number of thioether (sulfide) groups is 1. The molecule has 3 aromatic carbocycles. The summed E-state index contributed by atoms with van der Waals surface area (Å²) in [6, 6.07) is 22.6. The van der Waals surface area contributed by atoms with Crippen molar-refractivity contribution in [3.8, 4) is 0 Å². The zero-order valence-corrected chi connectivity index (χ0v) is 18.1. The Morgan fingerprint density at radius 1 is 0.903 bits per heavy atom. The van der Waals surface area contributed by atoms with Crippen molar-refractivity contribution in [1.29, 1.82) is 0 Å². The number of rotatable bonds is 9. The van der Waals surface area contributed by atoms with Crippen molar-refractivity contribution >= 4 is 35.0 Å². The van der Waals surface area contributed by atoms with E-state index in [0.717, 1.165) is 23.3 Å². The molecule has 1 unspecified atom stereocenters. The quantitative estimate of drug-likeness (QED) is 0.380. The summed E-state index contributed by atoms with van der Waals surface area (Å²) in [7, 11) is 0. The number of amides is 2. The zero-order chi connectivity index (χ0) is 22.1. The van der Waals surface area contributed by atoms with E-state index >= 15 is 0 Å². The van der Waals surface area contributed by atoms with Crippen LogP contribution >= 0.6 is 11.8 Å². The number of carbonyl (C=O) groups is 2. The van der Waals surface area contributed by atoms with Gasteiger partial charge in [-0.15, -0.1) is 11.8 Å². The lowest BCUT2D eigenvalue weighted by Gasteiger charge is -2.18. The van der Waals surface area contributed by atoms with Gasteiger partial charge in [-0.1, -0.05) is 49.7 Å². The van der Waals surface area contributed by atoms with Crippen molar-refractivity contribution in [3.05, 3.63) is 90.2 Å². The van der Waals surface area contributed by atoms with Crippen molar-refractivity contribution in [2.24, 2.45) is 0 Å². The van der Waals surface area contributed by atoms with Crippen LogP contribution in [0.15, 0.2) is 83.8 Å². The van der Waals surface area contributed by atoms with E-state index in [2.05, 4.69) is 10.6 Å². The molecule has 0 fully saturated rings. The van der Waals surface area contributed by atoms with Crippen LogP contribution < -0.4 is 10.6 Å². The Labute approximate surface area is 186 Å². The largest absolute Gasteiger partial charge is 0.326 e. The molecule has 4 nitrogen and oxygen atoms in total. The van der Waals surface area contributed by atoms with E-state index in [9.17, 15) is 14.0 Å². The molecule has 3 aromatic rings. The number of hydrogen-bond acceptors (Lipinski definition) is 3. The van der Waals surface area contributed by atoms with Gasteiger partial charge in [0.2, 0.25) is 11.8 Å². The molecule has 0 aromatic heterocycles. The van der Waals surface area contributed by atoms with Gasteiger partial charge in [0.15, 0.2) is 0 Å². The van der Waals surface area contributed by atoms with Crippen molar-refractivity contribution in [2.45, 2.75) is 36.3 Å². The van der Waals surface area contributed by atoms with Gasteiger partial charge in [0.1, 0.15) is 11.1 Å². The summed E-state index contributed by atoms with van der Waals surface area (Å²) in [5.74, 6) is -0.581. The lowest BCUT2D eigenvalue weighted by molar-refractivity contribution is -0.116. The molecular weight excluding hydrogens is 411 g/mol. The van der Waals surface area contributed by atoms with Gasteiger partial charge in [0, 0.05) is 22.7 Å². The van der Waals surface area contributed by atoms with Crippen molar-refractivity contribution < 1.29 is 14.0 Å². The van der Waals surface area contributed by atoms with E-state index in [1.807, 2.05) is 61.5 Å². The lowest BCUT2D eigenvalue weighted by Crippen LogP contribution is -2.19. The first kappa shape index (κ1) is 22.6. The molecule has 0 aliphatic rings. The average molecular weight is 437 g/mol. The molecule has 0 aliphatic carbocycles. The summed E-state index contributed by atoms with van der Waals surface area (Å²) < 4.78 is 13.2. The fourth-order valence-electron chi connectivity index (χ4n) is 2.99. The molecule has 0 heterocycles. The molecule has 2 N–H and O–H groups in total. The highest BCUT2D eigenvalue weighted by molar-refractivity contribution is 8.00. The van der Waals surface area contributed by atoms with Gasteiger partial charge in [-0.25, -0.2) is 4.39 Å². The number of anilines is 2. The van der Waals surface area contributed by atoms with Crippen LogP contribution in [0.1, 0.15) is 37.0 Å². The fourth-order valence-corrected chi connectivity index (χ4v) is 4.07. The van der Waals surface area contributed by atoms with Gasteiger partial charge in [-0.2, -0.15) is 0 Å². The third kappa shape index (κ3) is 6.96. The number of nitrogens with one attached hydrogen (secondary N) is 2. The Kier molecular flexibility index (Phi) is 8.24. The minimum atomic E-state index is -0.516. The van der Waals surface area contributed by atoms with Crippen LogP contribution in [0.3, 0.4) is 0 Å². The first-order chi connectivity index (χ1) is 15.0. The number of unbranched alkanes of at least 4 members (excludes halogenated alkanes) is 1. The van der Waals surface area contributed by atoms with Gasteiger partial charge in [0.25, 0.3) is 0 Å². The van der Waals surface area contributed by atoms with Gasteiger partial charge in [0.05, 0.1) is 0 Å². The smallest absolute Gasteiger partial charge is 0.242 e. The first-order valence-electron chi connectivity index (χ1n) is 10.2. The van der Waals surface area contributed by atoms with Gasteiger partial charge in [-0.05, 0) is 54.4 Å². The fraction of sp³-hybridized carbons (Fsp3) is 0.200. The summed E-state index contributed by atoms with van der Waals surface area (Å²) in [4.78, 5) is 26.0. The van der Waals surface area contributed by atoms with Crippen LogP contribution in [0.5, 0.6) is 0 Å². The van der Waals surface area contributed by atoms with Crippen LogP contribution in [0.2, 0.25) is 0 Å². The summed E-state index contributed by atoms with van der Waals surface area (Å²) in [5.41, 5.74) is 2.09.